The Labute approximate surface area is 89.0 Å². The minimum Gasteiger partial charge on any atom is -0.329 e. The quantitative estimate of drug-likeness (QED) is 0.813. The third-order valence-corrected chi connectivity index (χ3v) is 3.73. The van der Waals surface area contributed by atoms with E-state index in [2.05, 4.69) is 0 Å². The summed E-state index contributed by atoms with van der Waals surface area (Å²) in [5.41, 5.74) is 5.99. The normalized spacial score (nSPS) is 11.6. The van der Waals surface area contributed by atoms with Gasteiger partial charge in [-0.25, -0.2) is 12.8 Å². The predicted molar refractivity (Wildman–Crippen MR) is 57.8 cm³/mol. The van der Waals surface area contributed by atoms with Gasteiger partial charge >= 0.3 is 0 Å². The van der Waals surface area contributed by atoms with Crippen LogP contribution >= 0.6 is 0 Å². The number of nitrogens with two attached hydrogens (primary N) is 1. The van der Waals surface area contributed by atoms with Crippen LogP contribution in [0.4, 0.5) is 4.39 Å². The number of benzene rings is 1. The Balaban J connectivity index is 2.54. The number of rotatable bonds is 5. The lowest BCUT2D eigenvalue weighted by Crippen LogP contribution is -2.19. The fraction of sp³-hybridized carbons (Fsp3) is 0.400. The lowest BCUT2D eigenvalue weighted by atomic mass is 10.2. The van der Waals surface area contributed by atoms with Gasteiger partial charge in [0.1, 0.15) is 5.82 Å². The van der Waals surface area contributed by atoms with E-state index in [-0.39, 0.29) is 23.9 Å². The largest absolute Gasteiger partial charge is 0.329 e. The van der Waals surface area contributed by atoms with E-state index < -0.39 is 9.84 Å². The zero-order valence-corrected chi connectivity index (χ0v) is 9.13. The van der Waals surface area contributed by atoms with Crippen molar-refractivity contribution >= 4 is 9.84 Å². The first-order valence-corrected chi connectivity index (χ1v) is 6.50. The van der Waals surface area contributed by atoms with Gasteiger partial charge in [-0.05, 0) is 24.1 Å². The summed E-state index contributed by atoms with van der Waals surface area (Å²) in [5, 5.41) is 0. The fourth-order valence-electron chi connectivity index (χ4n) is 1.21. The van der Waals surface area contributed by atoms with Gasteiger partial charge in [-0.15, -0.1) is 0 Å². The molecule has 1 aromatic carbocycles. The molecule has 0 saturated heterocycles. The van der Waals surface area contributed by atoms with Crippen LogP contribution in [0, 0.1) is 5.82 Å². The summed E-state index contributed by atoms with van der Waals surface area (Å²) in [6.07, 6.45) is 0.405. The number of hydrogen-bond acceptors (Lipinski definition) is 3. The topological polar surface area (TPSA) is 60.2 Å². The molecule has 0 aromatic heterocycles. The molecule has 2 N–H and O–H groups in total. The highest BCUT2D eigenvalue weighted by molar-refractivity contribution is 7.91. The van der Waals surface area contributed by atoms with Crippen LogP contribution in [-0.4, -0.2) is 26.5 Å². The standard InChI is InChI=1S/C10H14FNO2S/c11-10-3-1-9(2-4-10)5-7-15(13,14)8-6-12/h1-4H,5-8,12H2. The summed E-state index contributed by atoms with van der Waals surface area (Å²) in [6, 6.07) is 5.83. The first kappa shape index (κ1) is 12.1. The third-order valence-electron chi connectivity index (χ3n) is 2.04. The summed E-state index contributed by atoms with van der Waals surface area (Å²) in [6.45, 7) is 0.145. The van der Waals surface area contributed by atoms with Gasteiger partial charge in [0.15, 0.2) is 9.84 Å². The van der Waals surface area contributed by atoms with Gasteiger partial charge in [0.25, 0.3) is 0 Å². The highest BCUT2D eigenvalue weighted by Gasteiger charge is 2.09. The van der Waals surface area contributed by atoms with E-state index in [9.17, 15) is 12.8 Å². The maximum absolute atomic E-state index is 12.5. The number of hydrogen-bond donors (Lipinski definition) is 1. The predicted octanol–water partition coefficient (Wildman–Crippen LogP) is 0.742. The molecule has 0 atom stereocenters. The summed E-state index contributed by atoms with van der Waals surface area (Å²) in [5.74, 6) is -0.243. The van der Waals surface area contributed by atoms with Crippen molar-refractivity contribution in [3.05, 3.63) is 35.6 Å². The molecule has 1 rings (SSSR count). The van der Waals surface area contributed by atoms with Crippen LogP contribution in [0.5, 0.6) is 0 Å². The second kappa shape index (κ2) is 5.23. The Morgan fingerprint density at radius 1 is 1.13 bits per heavy atom. The first-order valence-electron chi connectivity index (χ1n) is 4.68. The van der Waals surface area contributed by atoms with Gasteiger partial charge in [0.05, 0.1) is 11.5 Å². The molecule has 0 aliphatic carbocycles. The molecule has 15 heavy (non-hydrogen) atoms. The van der Waals surface area contributed by atoms with Crippen molar-refractivity contribution in [2.24, 2.45) is 5.73 Å². The molecule has 0 radical (unpaired) electrons. The van der Waals surface area contributed by atoms with Crippen molar-refractivity contribution in [1.29, 1.82) is 0 Å². The van der Waals surface area contributed by atoms with Crippen LogP contribution in [0.15, 0.2) is 24.3 Å². The Hall–Kier alpha value is -0.940. The molecular formula is C10H14FNO2S. The molecule has 0 amide bonds. The van der Waals surface area contributed by atoms with Gasteiger partial charge in [-0.2, -0.15) is 0 Å². The molecule has 0 saturated carbocycles. The average molecular weight is 231 g/mol. The summed E-state index contributed by atoms with van der Waals surface area (Å²) in [4.78, 5) is 0. The van der Waals surface area contributed by atoms with Gasteiger partial charge < -0.3 is 5.73 Å². The Kier molecular flexibility index (Phi) is 4.23. The summed E-state index contributed by atoms with van der Waals surface area (Å²) >= 11 is 0. The van der Waals surface area contributed by atoms with E-state index in [1.807, 2.05) is 0 Å². The maximum atomic E-state index is 12.5. The van der Waals surface area contributed by atoms with Gasteiger partial charge in [-0.1, -0.05) is 12.1 Å². The van der Waals surface area contributed by atoms with E-state index in [1.165, 1.54) is 12.1 Å². The molecule has 84 valence electrons. The SMILES string of the molecule is NCCS(=O)(=O)CCc1ccc(F)cc1. The van der Waals surface area contributed by atoms with Gasteiger partial charge in [-0.3, -0.25) is 0 Å². The van der Waals surface area contributed by atoms with Gasteiger partial charge in [0, 0.05) is 6.54 Å². The van der Waals surface area contributed by atoms with Crippen molar-refractivity contribution in [2.45, 2.75) is 6.42 Å². The van der Waals surface area contributed by atoms with Crippen molar-refractivity contribution in [2.75, 3.05) is 18.1 Å². The molecule has 3 nitrogen and oxygen atoms in total. The minimum atomic E-state index is -3.06. The second-order valence-electron chi connectivity index (χ2n) is 3.32. The van der Waals surface area contributed by atoms with Crippen LogP contribution in [0.25, 0.3) is 0 Å². The van der Waals surface area contributed by atoms with Crippen LogP contribution in [-0.2, 0) is 16.3 Å². The lowest BCUT2D eigenvalue weighted by Gasteiger charge is -2.02. The van der Waals surface area contributed by atoms with E-state index in [0.29, 0.717) is 6.42 Å². The molecule has 0 unspecified atom stereocenters. The molecule has 1 aromatic rings. The monoisotopic (exact) mass is 231 g/mol. The number of halogens is 1. The molecule has 0 aliphatic heterocycles. The Morgan fingerprint density at radius 2 is 1.73 bits per heavy atom. The van der Waals surface area contributed by atoms with E-state index in [4.69, 9.17) is 5.73 Å². The first-order chi connectivity index (χ1) is 7.03. The minimum absolute atomic E-state index is 0.00813. The highest BCUT2D eigenvalue weighted by atomic mass is 32.2. The van der Waals surface area contributed by atoms with Crippen LogP contribution in [0.2, 0.25) is 0 Å². The van der Waals surface area contributed by atoms with E-state index in [0.717, 1.165) is 5.56 Å². The molecule has 0 bridgehead atoms. The second-order valence-corrected chi connectivity index (χ2v) is 5.62. The maximum Gasteiger partial charge on any atom is 0.151 e. The summed E-state index contributed by atoms with van der Waals surface area (Å²) < 4.78 is 35.2. The van der Waals surface area contributed by atoms with Crippen LogP contribution in [0.1, 0.15) is 5.56 Å². The molecular weight excluding hydrogens is 217 g/mol. The van der Waals surface area contributed by atoms with Crippen molar-refractivity contribution in [3.8, 4) is 0 Å². The molecule has 0 heterocycles. The van der Waals surface area contributed by atoms with Crippen molar-refractivity contribution in [3.63, 3.8) is 0 Å². The number of aryl methyl sites for hydroxylation is 1. The third kappa shape index (κ3) is 4.40. The van der Waals surface area contributed by atoms with Crippen molar-refractivity contribution in [1.82, 2.24) is 0 Å². The zero-order chi connectivity index (χ0) is 11.3. The van der Waals surface area contributed by atoms with Gasteiger partial charge in [0.2, 0.25) is 0 Å². The van der Waals surface area contributed by atoms with Crippen molar-refractivity contribution < 1.29 is 12.8 Å². The Bertz CT molecular complexity index is 400. The lowest BCUT2D eigenvalue weighted by molar-refractivity contribution is 0.595. The number of sulfone groups is 1. The Morgan fingerprint density at radius 3 is 2.27 bits per heavy atom. The van der Waals surface area contributed by atoms with Crippen LogP contribution < -0.4 is 5.73 Å². The van der Waals surface area contributed by atoms with Crippen LogP contribution in [0.3, 0.4) is 0 Å². The molecule has 5 heteroatoms. The summed E-state index contributed by atoms with van der Waals surface area (Å²) in [7, 11) is -3.06. The smallest absolute Gasteiger partial charge is 0.151 e. The molecule has 0 spiro atoms. The fourth-order valence-corrected chi connectivity index (χ4v) is 2.32. The average Bonchev–Trinajstić information content (AvgIpc) is 2.17. The van der Waals surface area contributed by atoms with E-state index in [1.54, 1.807) is 12.1 Å². The highest BCUT2D eigenvalue weighted by Crippen LogP contribution is 2.05. The van der Waals surface area contributed by atoms with E-state index >= 15 is 0 Å². The molecule has 0 fully saturated rings. The zero-order valence-electron chi connectivity index (χ0n) is 8.32. The molecule has 0 aliphatic rings.